The summed E-state index contributed by atoms with van der Waals surface area (Å²) in [7, 11) is 0. The van der Waals surface area contributed by atoms with Crippen molar-refractivity contribution in [3.05, 3.63) is 0 Å². The van der Waals surface area contributed by atoms with Crippen molar-refractivity contribution in [3.8, 4) is 0 Å². The molecule has 98 valence electrons. The second-order valence-corrected chi connectivity index (χ2v) is 5.09. The van der Waals surface area contributed by atoms with Gasteiger partial charge in [-0.1, -0.05) is 13.8 Å². The van der Waals surface area contributed by atoms with Crippen LogP contribution in [0.5, 0.6) is 0 Å². The molecule has 1 rings (SSSR count). The predicted octanol–water partition coefficient (Wildman–Crippen LogP) is 1.51. The molecule has 1 aliphatic rings. The average Bonchev–Trinajstić information content (AvgIpc) is 2.12. The van der Waals surface area contributed by atoms with Gasteiger partial charge in [-0.2, -0.15) is 13.2 Å². The molecule has 1 unspecified atom stereocenters. The molecule has 7 heteroatoms. The monoisotopic (exact) mass is 253 g/mol. The Hall–Kier alpha value is -1.27. The first-order chi connectivity index (χ1) is 7.53. The summed E-state index contributed by atoms with van der Waals surface area (Å²) in [5, 5.41) is 8.85. The summed E-state index contributed by atoms with van der Waals surface area (Å²) in [5.41, 5.74) is -0.623. The zero-order valence-corrected chi connectivity index (χ0v) is 9.54. The van der Waals surface area contributed by atoms with Crippen LogP contribution in [0.25, 0.3) is 0 Å². The Balaban J connectivity index is 2.87. The molecular weight excluding hydrogens is 239 g/mol. The van der Waals surface area contributed by atoms with Gasteiger partial charge in [0, 0.05) is 13.1 Å². The highest BCUT2D eigenvalue weighted by Crippen LogP contribution is 2.34. The summed E-state index contributed by atoms with van der Waals surface area (Å²) < 4.78 is 36.8. The lowest BCUT2D eigenvalue weighted by Gasteiger charge is -2.41. The Morgan fingerprint density at radius 1 is 1.35 bits per heavy atom. The number of piperidine rings is 1. The summed E-state index contributed by atoms with van der Waals surface area (Å²) in [6.45, 7) is 2.85. The number of rotatable bonds is 1. The van der Waals surface area contributed by atoms with Crippen LogP contribution < -0.4 is 0 Å². The van der Waals surface area contributed by atoms with E-state index in [0.717, 1.165) is 0 Å². The number of aliphatic carboxylic acids is 1. The lowest BCUT2D eigenvalue weighted by molar-refractivity contribution is -0.190. The second-order valence-electron chi connectivity index (χ2n) is 5.09. The van der Waals surface area contributed by atoms with Gasteiger partial charge in [-0.3, -0.25) is 9.59 Å². The van der Waals surface area contributed by atoms with E-state index in [2.05, 4.69) is 0 Å². The van der Waals surface area contributed by atoms with E-state index < -0.39 is 29.4 Å². The molecule has 0 aromatic heterocycles. The van der Waals surface area contributed by atoms with Crippen molar-refractivity contribution < 1.29 is 27.9 Å². The SMILES string of the molecule is CC1(C)CC(C(=O)O)CN(C(=O)C(F)(F)F)C1. The van der Waals surface area contributed by atoms with E-state index in [1.54, 1.807) is 13.8 Å². The van der Waals surface area contributed by atoms with Crippen LogP contribution in [0.3, 0.4) is 0 Å². The Morgan fingerprint density at radius 2 is 1.88 bits per heavy atom. The fourth-order valence-corrected chi connectivity index (χ4v) is 2.14. The Morgan fingerprint density at radius 3 is 2.29 bits per heavy atom. The molecule has 1 fully saturated rings. The standard InChI is InChI=1S/C10H14F3NO3/c1-9(2)3-6(7(15)16)4-14(5-9)8(17)10(11,12)13/h6H,3-5H2,1-2H3,(H,15,16). The van der Waals surface area contributed by atoms with Crippen molar-refractivity contribution in [2.45, 2.75) is 26.4 Å². The van der Waals surface area contributed by atoms with Crippen LogP contribution in [0.1, 0.15) is 20.3 Å². The smallest absolute Gasteiger partial charge is 0.471 e. The third-order valence-electron chi connectivity index (χ3n) is 2.74. The van der Waals surface area contributed by atoms with E-state index in [4.69, 9.17) is 5.11 Å². The summed E-state index contributed by atoms with van der Waals surface area (Å²) in [4.78, 5) is 22.5. The van der Waals surface area contributed by atoms with Crippen LogP contribution in [0.15, 0.2) is 0 Å². The Bertz CT molecular complexity index is 338. The van der Waals surface area contributed by atoms with Gasteiger partial charge in [0.15, 0.2) is 0 Å². The molecule has 1 amide bonds. The van der Waals surface area contributed by atoms with Gasteiger partial charge in [0.25, 0.3) is 0 Å². The number of carbonyl (C=O) groups is 2. The van der Waals surface area contributed by atoms with Crippen LogP contribution >= 0.6 is 0 Å². The maximum Gasteiger partial charge on any atom is 0.471 e. The molecule has 17 heavy (non-hydrogen) atoms. The number of hydrogen-bond donors (Lipinski definition) is 1. The minimum atomic E-state index is -4.95. The van der Waals surface area contributed by atoms with Gasteiger partial charge in [0.2, 0.25) is 0 Å². The van der Waals surface area contributed by atoms with Crippen molar-refractivity contribution in [3.63, 3.8) is 0 Å². The zero-order valence-electron chi connectivity index (χ0n) is 9.54. The van der Waals surface area contributed by atoms with E-state index in [1.165, 1.54) is 0 Å². The quantitative estimate of drug-likeness (QED) is 0.770. The maximum atomic E-state index is 12.3. The van der Waals surface area contributed by atoms with Crippen molar-refractivity contribution in [2.75, 3.05) is 13.1 Å². The third-order valence-corrected chi connectivity index (χ3v) is 2.74. The van der Waals surface area contributed by atoms with Gasteiger partial charge < -0.3 is 10.0 Å². The third kappa shape index (κ3) is 3.34. The number of alkyl halides is 3. The van der Waals surface area contributed by atoms with Crippen LogP contribution in [0, 0.1) is 11.3 Å². The molecule has 0 aromatic carbocycles. The van der Waals surface area contributed by atoms with Gasteiger partial charge >= 0.3 is 18.1 Å². The number of carboxylic acids is 1. The number of carbonyl (C=O) groups excluding carboxylic acids is 1. The molecule has 1 heterocycles. The van der Waals surface area contributed by atoms with Crippen molar-refractivity contribution >= 4 is 11.9 Å². The molecule has 0 aliphatic carbocycles. The normalized spacial score (nSPS) is 24.5. The predicted molar refractivity (Wildman–Crippen MR) is 52.2 cm³/mol. The number of amides is 1. The molecule has 1 aliphatic heterocycles. The summed E-state index contributed by atoms with van der Waals surface area (Å²) in [6, 6.07) is 0. The minimum Gasteiger partial charge on any atom is -0.481 e. The van der Waals surface area contributed by atoms with E-state index in [1.807, 2.05) is 0 Å². The molecule has 1 atom stereocenters. The Kier molecular flexibility index (Phi) is 3.40. The van der Waals surface area contributed by atoms with Gasteiger partial charge in [0.05, 0.1) is 5.92 Å². The topological polar surface area (TPSA) is 57.6 Å². The summed E-state index contributed by atoms with van der Waals surface area (Å²) in [6.07, 6.45) is -4.68. The van der Waals surface area contributed by atoms with E-state index in [9.17, 15) is 22.8 Å². The van der Waals surface area contributed by atoms with E-state index >= 15 is 0 Å². The maximum absolute atomic E-state index is 12.3. The van der Waals surface area contributed by atoms with E-state index in [0.29, 0.717) is 4.90 Å². The van der Waals surface area contributed by atoms with Crippen LogP contribution in [0.4, 0.5) is 13.2 Å². The highest BCUT2D eigenvalue weighted by Gasteiger charge is 2.47. The molecule has 0 saturated carbocycles. The molecule has 1 N–H and O–H groups in total. The molecule has 4 nitrogen and oxygen atoms in total. The number of hydrogen-bond acceptors (Lipinski definition) is 2. The van der Waals surface area contributed by atoms with E-state index in [-0.39, 0.29) is 19.5 Å². The van der Waals surface area contributed by atoms with Gasteiger partial charge in [-0.05, 0) is 11.8 Å². The lowest BCUT2D eigenvalue weighted by atomic mass is 9.78. The molecule has 0 radical (unpaired) electrons. The second kappa shape index (κ2) is 4.19. The van der Waals surface area contributed by atoms with Crippen LogP contribution in [-0.4, -0.2) is 41.1 Å². The van der Waals surface area contributed by atoms with Crippen LogP contribution in [0.2, 0.25) is 0 Å². The average molecular weight is 253 g/mol. The van der Waals surface area contributed by atoms with Crippen molar-refractivity contribution in [1.82, 2.24) is 4.90 Å². The molecule has 0 aromatic rings. The minimum absolute atomic E-state index is 0.0743. The van der Waals surface area contributed by atoms with Crippen molar-refractivity contribution in [1.29, 1.82) is 0 Å². The number of carboxylic acid groups (broad SMARTS) is 1. The largest absolute Gasteiger partial charge is 0.481 e. The zero-order chi connectivity index (χ0) is 13.4. The number of likely N-dealkylation sites (tertiary alicyclic amines) is 1. The van der Waals surface area contributed by atoms with Gasteiger partial charge in [-0.15, -0.1) is 0 Å². The Labute approximate surface area is 96.4 Å². The summed E-state index contributed by atoms with van der Waals surface area (Å²) in [5.74, 6) is -4.07. The number of nitrogens with zero attached hydrogens (tertiary/aromatic N) is 1. The van der Waals surface area contributed by atoms with Gasteiger partial charge in [-0.25, -0.2) is 0 Å². The first kappa shape index (κ1) is 13.8. The van der Waals surface area contributed by atoms with Gasteiger partial charge in [0.1, 0.15) is 0 Å². The summed E-state index contributed by atoms with van der Waals surface area (Å²) >= 11 is 0. The molecule has 1 saturated heterocycles. The fourth-order valence-electron chi connectivity index (χ4n) is 2.14. The molecular formula is C10H14F3NO3. The lowest BCUT2D eigenvalue weighted by Crippen LogP contribution is -2.53. The highest BCUT2D eigenvalue weighted by atomic mass is 19.4. The molecule has 0 bridgehead atoms. The first-order valence-corrected chi connectivity index (χ1v) is 5.12. The number of halogens is 3. The van der Waals surface area contributed by atoms with Crippen LogP contribution in [-0.2, 0) is 9.59 Å². The first-order valence-electron chi connectivity index (χ1n) is 5.12. The molecule has 0 spiro atoms. The fraction of sp³-hybridized carbons (Fsp3) is 0.800. The van der Waals surface area contributed by atoms with Crippen molar-refractivity contribution in [2.24, 2.45) is 11.3 Å². The highest BCUT2D eigenvalue weighted by molar-refractivity contribution is 5.83.